The van der Waals surface area contributed by atoms with Gasteiger partial charge in [0.05, 0.1) is 23.5 Å². The van der Waals surface area contributed by atoms with Crippen molar-refractivity contribution in [2.24, 2.45) is 5.41 Å². The zero-order chi connectivity index (χ0) is 36.5. The normalized spacial score (nSPS) is 22.6. The number of nitrogens with zero attached hydrogens (tertiary/aromatic N) is 7. The fraction of sp³-hybridized carbons (Fsp3) is 0.538. The van der Waals surface area contributed by atoms with Crippen LogP contribution in [-0.2, 0) is 32.4 Å². The summed E-state index contributed by atoms with van der Waals surface area (Å²) in [6.45, 7) is 10.0. The van der Waals surface area contributed by atoms with E-state index in [0.717, 1.165) is 59.2 Å². The Morgan fingerprint density at radius 2 is 1.98 bits per heavy atom. The number of aromatic hydroxyl groups is 1. The maximum atomic E-state index is 15.2. The number of carbonyl (C=O) groups excluding carboxylic acids is 1. The van der Waals surface area contributed by atoms with Gasteiger partial charge in [-0.25, -0.2) is 13.6 Å². The summed E-state index contributed by atoms with van der Waals surface area (Å²) in [4.78, 5) is 29.8. The number of nitrogens with one attached hydrogen (secondary N) is 1. The van der Waals surface area contributed by atoms with Gasteiger partial charge in [-0.3, -0.25) is 4.90 Å². The third kappa shape index (κ3) is 5.95. The molecule has 0 bridgehead atoms. The lowest BCUT2D eigenvalue weighted by atomic mass is 9.87. The van der Waals surface area contributed by atoms with Gasteiger partial charge in [-0.15, -0.1) is 0 Å². The topological polar surface area (TPSA) is 112 Å². The Morgan fingerprint density at radius 3 is 2.77 bits per heavy atom. The fourth-order valence-corrected chi connectivity index (χ4v) is 9.03. The molecule has 8 rings (SSSR count). The summed E-state index contributed by atoms with van der Waals surface area (Å²) in [6.07, 6.45) is 3.05. The van der Waals surface area contributed by atoms with E-state index in [2.05, 4.69) is 29.0 Å². The highest BCUT2D eigenvalue weighted by Crippen LogP contribution is 2.43. The van der Waals surface area contributed by atoms with Crippen LogP contribution in [0.5, 0.6) is 11.8 Å². The van der Waals surface area contributed by atoms with Gasteiger partial charge < -0.3 is 25.0 Å². The van der Waals surface area contributed by atoms with Crippen LogP contribution in [0.4, 0.5) is 19.3 Å². The minimum absolute atomic E-state index is 0.0778. The third-order valence-corrected chi connectivity index (χ3v) is 11.5. The molecule has 0 spiro atoms. The summed E-state index contributed by atoms with van der Waals surface area (Å²) >= 11 is 0. The molecule has 0 saturated carbocycles. The molecule has 0 unspecified atom stereocenters. The van der Waals surface area contributed by atoms with Crippen LogP contribution in [0.3, 0.4) is 0 Å². The van der Waals surface area contributed by atoms with E-state index in [4.69, 9.17) is 19.8 Å². The zero-order valence-electron chi connectivity index (χ0n) is 30.7. The van der Waals surface area contributed by atoms with Crippen LogP contribution in [0.25, 0.3) is 22.2 Å². The number of aromatic nitrogens is 4. The SMILES string of the molecule is CCc1c(F)ccc2cc(O)cc(N3CCc4c(nc(OC[C@@]56CCCN5C[C@H](F)C6)nc4-c4c5c(nn4C(=O)N(C)C)CC(C)(C)CNC5)C3)c12. The summed E-state index contributed by atoms with van der Waals surface area (Å²) in [5, 5.41) is 20.9. The van der Waals surface area contributed by atoms with Gasteiger partial charge in [-0.05, 0) is 67.1 Å². The van der Waals surface area contributed by atoms with E-state index < -0.39 is 11.7 Å². The summed E-state index contributed by atoms with van der Waals surface area (Å²) in [7, 11) is 3.42. The minimum atomic E-state index is -0.897. The number of hydrogen-bond donors (Lipinski definition) is 2. The highest BCUT2D eigenvalue weighted by molar-refractivity contribution is 5.98. The van der Waals surface area contributed by atoms with E-state index in [1.54, 1.807) is 32.3 Å². The number of phenols is 1. The molecule has 4 aliphatic heterocycles. The maximum absolute atomic E-state index is 15.2. The molecule has 2 aromatic carbocycles. The van der Waals surface area contributed by atoms with Crippen LogP contribution in [0.1, 0.15) is 68.1 Å². The molecule has 13 heteroatoms. The molecule has 1 amide bonds. The second kappa shape index (κ2) is 12.9. The second-order valence-corrected chi connectivity index (χ2v) is 16.1. The molecule has 0 radical (unpaired) electrons. The molecule has 4 aliphatic rings. The van der Waals surface area contributed by atoms with Crippen molar-refractivity contribution < 1.29 is 23.4 Å². The number of hydrogen-bond acceptors (Lipinski definition) is 9. The Morgan fingerprint density at radius 1 is 1.15 bits per heavy atom. The quantitative estimate of drug-likeness (QED) is 0.263. The van der Waals surface area contributed by atoms with Crippen LogP contribution >= 0.6 is 0 Å². The van der Waals surface area contributed by atoms with Gasteiger partial charge >= 0.3 is 12.0 Å². The lowest BCUT2D eigenvalue weighted by molar-refractivity contribution is 0.107. The monoisotopic (exact) mass is 714 g/mol. The number of ether oxygens (including phenoxy) is 1. The van der Waals surface area contributed by atoms with E-state index in [1.807, 2.05) is 6.92 Å². The smallest absolute Gasteiger partial charge is 0.344 e. The average molecular weight is 715 g/mol. The van der Waals surface area contributed by atoms with Crippen molar-refractivity contribution in [2.45, 2.75) is 84.1 Å². The third-order valence-electron chi connectivity index (χ3n) is 11.5. The minimum Gasteiger partial charge on any atom is -0.508 e. The molecule has 6 heterocycles. The number of alkyl halides is 1. The van der Waals surface area contributed by atoms with E-state index in [0.29, 0.717) is 74.5 Å². The Bertz CT molecular complexity index is 2070. The summed E-state index contributed by atoms with van der Waals surface area (Å²) in [5.41, 5.74) is 5.45. The van der Waals surface area contributed by atoms with Crippen molar-refractivity contribution in [1.29, 1.82) is 0 Å². The van der Waals surface area contributed by atoms with E-state index in [1.165, 1.54) is 15.6 Å². The van der Waals surface area contributed by atoms with Crippen LogP contribution in [-0.4, -0.2) is 99.3 Å². The highest BCUT2D eigenvalue weighted by Gasteiger charge is 2.49. The largest absolute Gasteiger partial charge is 0.508 e. The molecule has 2 saturated heterocycles. The molecule has 2 aromatic heterocycles. The highest BCUT2D eigenvalue weighted by atomic mass is 19.1. The number of anilines is 1. The Hall–Kier alpha value is -4.36. The van der Waals surface area contributed by atoms with E-state index in [9.17, 15) is 14.3 Å². The predicted octanol–water partition coefficient (Wildman–Crippen LogP) is 5.62. The Balaban J connectivity index is 1.27. The number of phenolic OH excluding ortho intramolecular Hbond substituents is 1. The summed E-state index contributed by atoms with van der Waals surface area (Å²) in [6, 6.07) is 6.41. The Kier molecular flexibility index (Phi) is 8.64. The van der Waals surface area contributed by atoms with Crippen LogP contribution in [0, 0.1) is 11.2 Å². The Labute approximate surface area is 303 Å². The van der Waals surface area contributed by atoms with Gasteiger partial charge in [0.15, 0.2) is 0 Å². The molecule has 11 nitrogen and oxygen atoms in total. The summed E-state index contributed by atoms with van der Waals surface area (Å²) < 4.78 is 37.9. The van der Waals surface area contributed by atoms with Crippen LogP contribution < -0.4 is 15.0 Å². The molecule has 2 fully saturated rings. The van der Waals surface area contributed by atoms with Gasteiger partial charge in [-0.2, -0.15) is 19.7 Å². The number of benzene rings is 2. The van der Waals surface area contributed by atoms with Crippen molar-refractivity contribution >= 4 is 22.5 Å². The van der Waals surface area contributed by atoms with Crippen LogP contribution in [0.2, 0.25) is 0 Å². The van der Waals surface area contributed by atoms with Crippen molar-refractivity contribution in [3.05, 3.63) is 58.2 Å². The van der Waals surface area contributed by atoms with Crippen molar-refractivity contribution in [1.82, 2.24) is 34.9 Å². The van der Waals surface area contributed by atoms with Crippen molar-refractivity contribution in [3.8, 4) is 23.1 Å². The molecular formula is C39H48F2N8O3. The van der Waals surface area contributed by atoms with Gasteiger partial charge in [0.1, 0.15) is 35.7 Å². The lowest BCUT2D eigenvalue weighted by Gasteiger charge is -2.33. The fourth-order valence-electron chi connectivity index (χ4n) is 9.03. The van der Waals surface area contributed by atoms with Crippen molar-refractivity contribution in [2.75, 3.05) is 51.8 Å². The number of carbonyl (C=O) groups is 1. The van der Waals surface area contributed by atoms with Crippen molar-refractivity contribution in [3.63, 3.8) is 0 Å². The maximum Gasteiger partial charge on any atom is 0.344 e. The number of rotatable bonds is 6. The standard InChI is InChI=1S/C39H48F2N8O3/c1-6-26-29(41)9-8-23-14-25(50)15-32(33(23)26)47-13-10-27-31(20-47)43-36(52-22-39-11-7-12-48(39)19-24(40)16-39)44-34(27)35-28-18-42-21-38(2,3)17-30(28)45-49(35)37(51)46(4)5/h8-9,14-15,24,42,50H,6-7,10-13,16-22H2,1-5H3/t24-,39+/m1/s1. The van der Waals surface area contributed by atoms with E-state index in [-0.39, 0.29) is 35.6 Å². The van der Waals surface area contributed by atoms with Crippen LogP contribution in [0.15, 0.2) is 24.3 Å². The van der Waals surface area contributed by atoms with Gasteiger partial charge in [-0.1, -0.05) is 26.8 Å². The van der Waals surface area contributed by atoms with Gasteiger partial charge in [0, 0.05) is 75.0 Å². The molecule has 2 N–H and O–H groups in total. The molecular weight excluding hydrogens is 666 g/mol. The first-order valence-corrected chi connectivity index (χ1v) is 18.5. The number of halogens is 2. The lowest BCUT2D eigenvalue weighted by Crippen LogP contribution is -2.43. The van der Waals surface area contributed by atoms with Gasteiger partial charge in [0.2, 0.25) is 0 Å². The van der Waals surface area contributed by atoms with E-state index >= 15 is 4.39 Å². The average Bonchev–Trinajstić information content (AvgIpc) is 3.72. The second-order valence-electron chi connectivity index (χ2n) is 16.1. The molecule has 2 atom stereocenters. The number of amides is 1. The zero-order valence-corrected chi connectivity index (χ0v) is 30.7. The first-order chi connectivity index (χ1) is 24.9. The number of aryl methyl sites for hydroxylation is 1. The number of fused-ring (bicyclic) bond motifs is 4. The summed E-state index contributed by atoms with van der Waals surface area (Å²) in [5.74, 6) is -0.180. The predicted molar refractivity (Wildman–Crippen MR) is 195 cm³/mol. The first kappa shape index (κ1) is 34.7. The molecule has 4 aromatic rings. The molecule has 276 valence electrons. The first-order valence-electron chi connectivity index (χ1n) is 18.5. The van der Waals surface area contributed by atoms with Gasteiger partial charge in [0.25, 0.3) is 0 Å². The molecule has 52 heavy (non-hydrogen) atoms. The molecule has 0 aliphatic carbocycles.